The molecule has 0 aromatic carbocycles. The highest BCUT2D eigenvalue weighted by Gasteiger charge is 2.20. The number of aliphatic hydroxyl groups is 1. The first-order chi connectivity index (χ1) is 7.81. The molecule has 1 unspecified atom stereocenters. The van der Waals surface area contributed by atoms with Gasteiger partial charge in [0.15, 0.2) is 0 Å². The predicted molar refractivity (Wildman–Crippen MR) is 66.2 cm³/mol. The van der Waals surface area contributed by atoms with Crippen LogP contribution in [-0.2, 0) is 14.6 Å². The van der Waals surface area contributed by atoms with Crippen LogP contribution in [0.4, 0.5) is 0 Å². The monoisotopic (exact) mass is 264 g/mol. The summed E-state index contributed by atoms with van der Waals surface area (Å²) in [7, 11) is -3.12. The highest BCUT2D eigenvalue weighted by Crippen LogP contribution is 2.00. The van der Waals surface area contributed by atoms with Gasteiger partial charge in [-0.15, -0.1) is 6.58 Å². The molecule has 1 atom stereocenters. The van der Waals surface area contributed by atoms with E-state index in [0.717, 1.165) is 6.26 Å². The molecule has 0 aromatic heterocycles. The van der Waals surface area contributed by atoms with Crippen LogP contribution in [-0.4, -0.2) is 62.1 Å². The molecule has 0 aliphatic carbocycles. The van der Waals surface area contributed by atoms with E-state index in [9.17, 15) is 13.2 Å². The van der Waals surface area contributed by atoms with E-state index in [1.807, 2.05) is 0 Å². The molecule has 17 heavy (non-hydrogen) atoms. The topological polar surface area (TPSA) is 101 Å². The molecule has 0 spiro atoms. The number of hydrogen-bond donors (Lipinski definition) is 2. The van der Waals surface area contributed by atoms with E-state index in [2.05, 4.69) is 6.58 Å². The van der Waals surface area contributed by atoms with Gasteiger partial charge in [-0.3, -0.25) is 4.79 Å². The summed E-state index contributed by atoms with van der Waals surface area (Å²) in [6.45, 7) is 3.78. The molecule has 0 saturated carbocycles. The molecule has 3 N–H and O–H groups in total. The van der Waals surface area contributed by atoms with Gasteiger partial charge in [-0.05, 0) is 6.42 Å². The number of rotatable bonds is 8. The van der Waals surface area contributed by atoms with Crippen molar-refractivity contribution < 1.29 is 18.3 Å². The van der Waals surface area contributed by atoms with Gasteiger partial charge < -0.3 is 15.7 Å². The lowest BCUT2D eigenvalue weighted by Gasteiger charge is -2.23. The Hall–Kier alpha value is -0.920. The Labute approximate surface area is 102 Å². The number of carbonyl (C=O) groups is 1. The number of nitrogens with two attached hydrogens (primary N) is 1. The number of nitrogens with zero attached hydrogens (tertiary/aromatic N) is 1. The van der Waals surface area contributed by atoms with Crippen molar-refractivity contribution in [3.8, 4) is 0 Å². The van der Waals surface area contributed by atoms with Crippen molar-refractivity contribution in [3.05, 3.63) is 12.7 Å². The maximum atomic E-state index is 11.8. The number of aliphatic hydroxyl groups excluding tert-OH is 1. The number of sulfone groups is 1. The molecule has 0 bridgehead atoms. The fraction of sp³-hybridized carbons (Fsp3) is 0.700. The van der Waals surface area contributed by atoms with E-state index in [4.69, 9.17) is 10.8 Å². The molecule has 1 amide bonds. The second-order valence-corrected chi connectivity index (χ2v) is 6.08. The summed E-state index contributed by atoms with van der Waals surface area (Å²) in [5.74, 6) is -0.497. The second kappa shape index (κ2) is 7.41. The summed E-state index contributed by atoms with van der Waals surface area (Å²) in [5.41, 5.74) is 5.61. The molecule has 0 saturated heterocycles. The molecule has 6 nitrogen and oxygen atoms in total. The molecule has 0 aromatic rings. The van der Waals surface area contributed by atoms with Crippen LogP contribution in [0.2, 0.25) is 0 Å². The minimum Gasteiger partial charge on any atom is -0.395 e. The molecule has 0 radical (unpaired) electrons. The Morgan fingerprint density at radius 2 is 2.18 bits per heavy atom. The Morgan fingerprint density at radius 3 is 2.59 bits per heavy atom. The third-order valence-corrected chi connectivity index (χ3v) is 3.13. The summed E-state index contributed by atoms with van der Waals surface area (Å²) in [5, 5.41) is 8.79. The number of hydrogen-bond acceptors (Lipinski definition) is 5. The standard InChI is InChI=1S/C10H20N2O4S/c1-3-5-12(6-7-13)10(14)9(11)4-8-17(2,15)16/h3,9,13H,1,4-8,11H2,2H3. The lowest BCUT2D eigenvalue weighted by Crippen LogP contribution is -2.45. The third kappa shape index (κ3) is 7.09. The van der Waals surface area contributed by atoms with Crippen LogP contribution >= 0.6 is 0 Å². The van der Waals surface area contributed by atoms with E-state index in [1.165, 1.54) is 11.0 Å². The fourth-order valence-corrected chi connectivity index (χ4v) is 1.95. The molecular weight excluding hydrogens is 244 g/mol. The number of carbonyl (C=O) groups excluding carboxylic acids is 1. The van der Waals surface area contributed by atoms with Crippen molar-refractivity contribution in [3.63, 3.8) is 0 Å². The molecule has 0 aliphatic heterocycles. The Morgan fingerprint density at radius 1 is 1.59 bits per heavy atom. The fourth-order valence-electron chi connectivity index (χ4n) is 1.27. The van der Waals surface area contributed by atoms with Gasteiger partial charge in [-0.1, -0.05) is 6.08 Å². The summed E-state index contributed by atoms with van der Waals surface area (Å²) < 4.78 is 21.9. The summed E-state index contributed by atoms with van der Waals surface area (Å²) in [6.07, 6.45) is 2.70. The smallest absolute Gasteiger partial charge is 0.239 e. The van der Waals surface area contributed by atoms with Gasteiger partial charge >= 0.3 is 0 Å². The van der Waals surface area contributed by atoms with Crippen LogP contribution in [0.25, 0.3) is 0 Å². The van der Waals surface area contributed by atoms with Crippen LogP contribution in [0.15, 0.2) is 12.7 Å². The zero-order valence-corrected chi connectivity index (χ0v) is 10.8. The lowest BCUT2D eigenvalue weighted by atomic mass is 10.2. The predicted octanol–water partition coefficient (Wildman–Crippen LogP) is -1.24. The van der Waals surface area contributed by atoms with Gasteiger partial charge in [0.05, 0.1) is 18.4 Å². The summed E-state index contributed by atoms with van der Waals surface area (Å²) in [6, 6.07) is -0.865. The van der Waals surface area contributed by atoms with Crippen molar-refractivity contribution >= 4 is 15.7 Å². The summed E-state index contributed by atoms with van der Waals surface area (Å²) in [4.78, 5) is 13.1. The zero-order valence-electron chi connectivity index (χ0n) is 10.0. The van der Waals surface area contributed by atoms with Crippen LogP contribution in [0.3, 0.4) is 0 Å². The highest BCUT2D eigenvalue weighted by atomic mass is 32.2. The van der Waals surface area contributed by atoms with E-state index >= 15 is 0 Å². The molecule has 0 heterocycles. The van der Waals surface area contributed by atoms with Crippen molar-refractivity contribution in [1.82, 2.24) is 4.90 Å². The Balaban J connectivity index is 4.38. The van der Waals surface area contributed by atoms with Gasteiger partial charge in [-0.25, -0.2) is 8.42 Å². The Bertz CT molecular complexity index is 353. The first-order valence-corrected chi connectivity index (χ1v) is 7.31. The molecule has 0 aliphatic rings. The molecular formula is C10H20N2O4S. The van der Waals surface area contributed by atoms with Gasteiger partial charge in [0, 0.05) is 19.3 Å². The van der Waals surface area contributed by atoms with E-state index in [-0.39, 0.29) is 37.8 Å². The average Bonchev–Trinajstić information content (AvgIpc) is 2.23. The van der Waals surface area contributed by atoms with Gasteiger partial charge in [0.25, 0.3) is 0 Å². The maximum Gasteiger partial charge on any atom is 0.239 e. The molecule has 0 rings (SSSR count). The molecule has 7 heteroatoms. The second-order valence-electron chi connectivity index (χ2n) is 3.82. The van der Waals surface area contributed by atoms with Crippen molar-refractivity contribution in [1.29, 1.82) is 0 Å². The zero-order chi connectivity index (χ0) is 13.5. The number of amides is 1. The van der Waals surface area contributed by atoms with Crippen LogP contribution in [0.1, 0.15) is 6.42 Å². The largest absolute Gasteiger partial charge is 0.395 e. The molecule has 100 valence electrons. The average molecular weight is 264 g/mol. The van der Waals surface area contributed by atoms with Crippen molar-refractivity contribution in [2.24, 2.45) is 5.73 Å². The van der Waals surface area contributed by atoms with Gasteiger partial charge in [0.2, 0.25) is 5.91 Å². The van der Waals surface area contributed by atoms with E-state index in [1.54, 1.807) is 0 Å². The van der Waals surface area contributed by atoms with Gasteiger partial charge in [-0.2, -0.15) is 0 Å². The quantitative estimate of drug-likeness (QED) is 0.534. The highest BCUT2D eigenvalue weighted by molar-refractivity contribution is 7.90. The Kier molecular flexibility index (Phi) is 7.01. The van der Waals surface area contributed by atoms with Crippen molar-refractivity contribution in [2.45, 2.75) is 12.5 Å². The first kappa shape index (κ1) is 16.1. The van der Waals surface area contributed by atoms with E-state index in [0.29, 0.717) is 0 Å². The normalized spacial score (nSPS) is 13.1. The van der Waals surface area contributed by atoms with Crippen LogP contribution < -0.4 is 5.73 Å². The first-order valence-electron chi connectivity index (χ1n) is 5.25. The third-order valence-electron chi connectivity index (χ3n) is 2.15. The minimum atomic E-state index is -3.12. The van der Waals surface area contributed by atoms with E-state index < -0.39 is 15.9 Å². The van der Waals surface area contributed by atoms with Crippen LogP contribution in [0.5, 0.6) is 0 Å². The van der Waals surface area contributed by atoms with Crippen molar-refractivity contribution in [2.75, 3.05) is 31.7 Å². The lowest BCUT2D eigenvalue weighted by molar-refractivity contribution is -0.132. The molecule has 0 fully saturated rings. The van der Waals surface area contributed by atoms with Crippen LogP contribution in [0, 0.1) is 0 Å². The SMILES string of the molecule is C=CCN(CCO)C(=O)C(N)CCS(C)(=O)=O. The minimum absolute atomic E-state index is 0.0801. The van der Waals surface area contributed by atoms with Gasteiger partial charge in [0.1, 0.15) is 9.84 Å². The summed E-state index contributed by atoms with van der Waals surface area (Å²) >= 11 is 0. The maximum absolute atomic E-state index is 11.8.